The maximum absolute atomic E-state index is 13.3. The van der Waals surface area contributed by atoms with Crippen LogP contribution in [0.4, 0.5) is 20.3 Å². The molecule has 17 heavy (non-hydrogen) atoms. The van der Waals surface area contributed by atoms with Crippen LogP contribution in [0.3, 0.4) is 0 Å². The van der Waals surface area contributed by atoms with E-state index in [0.717, 1.165) is 18.5 Å². The number of nitrogens with one attached hydrogen (secondary N) is 2. The highest BCUT2D eigenvalue weighted by Crippen LogP contribution is 2.23. The van der Waals surface area contributed by atoms with Crippen molar-refractivity contribution in [3.63, 3.8) is 0 Å². The summed E-state index contributed by atoms with van der Waals surface area (Å²) in [5, 5.41) is 2.46. The molecule has 2 N–H and O–H groups in total. The number of nitrogens with zero attached hydrogens (tertiary/aromatic N) is 1. The Labute approximate surface area is 108 Å². The maximum atomic E-state index is 13.3. The minimum absolute atomic E-state index is 0.110. The molecule has 0 aliphatic carbocycles. The molecule has 88 valence electrons. The molecule has 0 spiro atoms. The van der Waals surface area contributed by atoms with Crippen LogP contribution >= 0.6 is 22.6 Å². The van der Waals surface area contributed by atoms with Gasteiger partial charge in [0.05, 0.1) is 6.33 Å². The molecular formula is C10H6F2IN3O. The van der Waals surface area contributed by atoms with E-state index in [1.165, 1.54) is 6.07 Å². The molecule has 0 atom stereocenters. The lowest BCUT2D eigenvalue weighted by Crippen LogP contribution is -2.13. The molecule has 1 heterocycles. The Hall–Kier alpha value is -1.51. The van der Waals surface area contributed by atoms with Gasteiger partial charge in [-0.15, -0.1) is 0 Å². The fourth-order valence-corrected chi connectivity index (χ4v) is 1.64. The zero-order chi connectivity index (χ0) is 12.4. The number of aromatic amines is 1. The van der Waals surface area contributed by atoms with Crippen molar-refractivity contribution >= 4 is 34.1 Å². The summed E-state index contributed by atoms with van der Waals surface area (Å²) in [5.41, 5.74) is -0.705. The zero-order valence-electron chi connectivity index (χ0n) is 8.30. The summed E-state index contributed by atoms with van der Waals surface area (Å²) in [6, 6.07) is 3.49. The van der Waals surface area contributed by atoms with E-state index >= 15 is 0 Å². The number of halogens is 3. The van der Waals surface area contributed by atoms with E-state index in [0.29, 0.717) is 0 Å². The number of H-pyrrole nitrogens is 1. The zero-order valence-corrected chi connectivity index (χ0v) is 10.5. The third-order valence-electron chi connectivity index (χ3n) is 2.00. The normalized spacial score (nSPS) is 10.3. The van der Waals surface area contributed by atoms with Crippen molar-refractivity contribution in [1.29, 1.82) is 0 Å². The van der Waals surface area contributed by atoms with E-state index < -0.39 is 11.6 Å². The predicted octanol–water partition coefficient (Wildman–Crippen LogP) is 2.40. The van der Waals surface area contributed by atoms with Crippen LogP contribution < -0.4 is 10.9 Å². The van der Waals surface area contributed by atoms with Gasteiger partial charge in [0.25, 0.3) is 5.56 Å². The summed E-state index contributed by atoms with van der Waals surface area (Å²) < 4.78 is 26.9. The van der Waals surface area contributed by atoms with Crippen molar-refractivity contribution in [2.75, 3.05) is 5.32 Å². The largest absolute Gasteiger partial charge is 0.334 e. The van der Waals surface area contributed by atoms with Gasteiger partial charge in [-0.1, -0.05) is 6.07 Å². The second kappa shape index (κ2) is 4.78. The van der Waals surface area contributed by atoms with Crippen molar-refractivity contribution in [2.24, 2.45) is 0 Å². The Morgan fingerprint density at radius 2 is 1.94 bits per heavy atom. The van der Waals surface area contributed by atoms with Gasteiger partial charge in [0, 0.05) is 0 Å². The number of benzene rings is 1. The highest BCUT2D eigenvalue weighted by molar-refractivity contribution is 14.1. The smallest absolute Gasteiger partial charge is 0.266 e. The summed E-state index contributed by atoms with van der Waals surface area (Å²) in [6.45, 7) is 0. The quantitative estimate of drug-likeness (QED) is 0.819. The predicted molar refractivity (Wildman–Crippen MR) is 67.2 cm³/mol. The van der Waals surface area contributed by atoms with Crippen LogP contribution in [0.15, 0.2) is 29.3 Å². The molecule has 2 rings (SSSR count). The summed E-state index contributed by atoms with van der Waals surface area (Å²) in [5.74, 6) is -1.39. The van der Waals surface area contributed by atoms with Crippen LogP contribution in [0.5, 0.6) is 0 Å². The third-order valence-corrected chi connectivity index (χ3v) is 3.00. The van der Waals surface area contributed by atoms with Gasteiger partial charge in [0.2, 0.25) is 0 Å². The molecule has 7 heteroatoms. The van der Waals surface area contributed by atoms with Crippen molar-refractivity contribution < 1.29 is 8.78 Å². The summed E-state index contributed by atoms with van der Waals surface area (Å²) in [7, 11) is 0. The number of para-hydroxylation sites is 1. The molecule has 2 aromatic rings. The van der Waals surface area contributed by atoms with Crippen LogP contribution in [-0.4, -0.2) is 9.97 Å². The van der Waals surface area contributed by atoms with E-state index in [-0.39, 0.29) is 20.6 Å². The van der Waals surface area contributed by atoms with E-state index in [4.69, 9.17) is 0 Å². The van der Waals surface area contributed by atoms with Gasteiger partial charge < -0.3 is 10.3 Å². The minimum Gasteiger partial charge on any atom is -0.334 e. The summed E-state index contributed by atoms with van der Waals surface area (Å²) in [4.78, 5) is 17.4. The molecule has 0 aliphatic heterocycles. The van der Waals surface area contributed by atoms with E-state index in [2.05, 4.69) is 15.3 Å². The standard InChI is InChI=1S/C10H6F2IN3O/c11-5-2-1-3-6(12)8(5)16-9-7(13)10(17)15-4-14-9/h1-4H,(H2,14,15,16,17). The molecule has 0 saturated carbocycles. The highest BCUT2D eigenvalue weighted by atomic mass is 127. The average molecular weight is 349 g/mol. The van der Waals surface area contributed by atoms with E-state index in [1.54, 1.807) is 22.6 Å². The second-order valence-corrected chi connectivity index (χ2v) is 4.19. The first-order valence-corrected chi connectivity index (χ1v) is 5.61. The number of rotatable bonds is 2. The van der Waals surface area contributed by atoms with Crippen molar-refractivity contribution in [3.8, 4) is 0 Å². The minimum atomic E-state index is -0.747. The van der Waals surface area contributed by atoms with Gasteiger partial charge in [-0.25, -0.2) is 13.8 Å². The van der Waals surface area contributed by atoms with Crippen LogP contribution in [0.2, 0.25) is 0 Å². The van der Waals surface area contributed by atoms with Gasteiger partial charge in [-0.05, 0) is 34.7 Å². The average Bonchev–Trinajstić information content (AvgIpc) is 2.29. The highest BCUT2D eigenvalue weighted by Gasteiger charge is 2.12. The molecule has 1 aromatic carbocycles. The molecule has 0 radical (unpaired) electrons. The fourth-order valence-electron chi connectivity index (χ4n) is 1.21. The first-order valence-electron chi connectivity index (χ1n) is 4.54. The van der Waals surface area contributed by atoms with Crippen molar-refractivity contribution in [2.45, 2.75) is 0 Å². The Morgan fingerprint density at radius 1 is 1.29 bits per heavy atom. The summed E-state index contributed by atoms with van der Waals surface area (Å²) >= 11 is 1.74. The second-order valence-electron chi connectivity index (χ2n) is 3.12. The van der Waals surface area contributed by atoms with E-state index in [9.17, 15) is 13.6 Å². The molecule has 1 aromatic heterocycles. The number of hydrogen-bond acceptors (Lipinski definition) is 3. The van der Waals surface area contributed by atoms with Gasteiger partial charge in [-0.2, -0.15) is 0 Å². The fraction of sp³-hybridized carbons (Fsp3) is 0. The van der Waals surface area contributed by atoms with E-state index in [1.807, 2.05) is 0 Å². The molecule has 0 aliphatic rings. The van der Waals surface area contributed by atoms with Gasteiger partial charge >= 0.3 is 0 Å². The topological polar surface area (TPSA) is 57.8 Å². The maximum Gasteiger partial charge on any atom is 0.266 e. The Bertz CT molecular complexity index is 594. The SMILES string of the molecule is O=c1[nH]cnc(Nc2c(F)cccc2F)c1I. The van der Waals surface area contributed by atoms with Crippen LogP contribution in [0, 0.1) is 15.2 Å². The van der Waals surface area contributed by atoms with Gasteiger partial charge in [0.15, 0.2) is 5.82 Å². The molecule has 0 fully saturated rings. The lowest BCUT2D eigenvalue weighted by Gasteiger charge is -2.08. The Morgan fingerprint density at radius 3 is 2.59 bits per heavy atom. The summed E-state index contributed by atoms with van der Waals surface area (Å²) in [6.07, 6.45) is 1.16. The Kier molecular flexibility index (Phi) is 3.36. The van der Waals surface area contributed by atoms with Gasteiger partial charge in [0.1, 0.15) is 20.9 Å². The molecule has 0 amide bonds. The molecule has 0 bridgehead atoms. The van der Waals surface area contributed by atoms with Crippen LogP contribution in [-0.2, 0) is 0 Å². The van der Waals surface area contributed by atoms with Crippen LogP contribution in [0.25, 0.3) is 0 Å². The number of anilines is 2. The van der Waals surface area contributed by atoms with Crippen molar-refractivity contribution in [1.82, 2.24) is 9.97 Å². The monoisotopic (exact) mass is 349 g/mol. The molecular weight excluding hydrogens is 343 g/mol. The lowest BCUT2D eigenvalue weighted by atomic mass is 10.3. The number of hydrogen-bond donors (Lipinski definition) is 2. The third kappa shape index (κ3) is 2.43. The first kappa shape index (κ1) is 12.0. The molecule has 0 unspecified atom stereocenters. The molecule has 4 nitrogen and oxygen atoms in total. The molecule has 0 saturated heterocycles. The lowest BCUT2D eigenvalue weighted by molar-refractivity contribution is 0.590. The van der Waals surface area contributed by atoms with Gasteiger partial charge in [-0.3, -0.25) is 4.79 Å². The number of aromatic nitrogens is 2. The first-order chi connectivity index (χ1) is 8.09. The van der Waals surface area contributed by atoms with Crippen molar-refractivity contribution in [3.05, 3.63) is 50.1 Å². The Balaban J connectivity index is 2.45. The van der Waals surface area contributed by atoms with Crippen LogP contribution in [0.1, 0.15) is 0 Å².